The normalized spacial score (nSPS) is 23.6. The Balaban J connectivity index is 1.45. The van der Waals surface area contributed by atoms with Crippen LogP contribution in [0.15, 0.2) is 65.4 Å². The van der Waals surface area contributed by atoms with Crippen molar-refractivity contribution < 1.29 is 9.15 Å². The maximum Gasteiger partial charge on any atom is 0.181 e. The van der Waals surface area contributed by atoms with E-state index in [0.717, 1.165) is 37.3 Å². The summed E-state index contributed by atoms with van der Waals surface area (Å²) < 4.78 is 11.2. The zero-order valence-corrected chi connectivity index (χ0v) is 14.0. The number of oxazole rings is 1. The Bertz CT molecular complexity index is 916. The van der Waals surface area contributed by atoms with Crippen LogP contribution >= 0.6 is 0 Å². The summed E-state index contributed by atoms with van der Waals surface area (Å²) in [4.78, 5) is 6.87. The summed E-state index contributed by atoms with van der Waals surface area (Å²) >= 11 is 0. The van der Waals surface area contributed by atoms with Crippen molar-refractivity contribution in [2.45, 2.75) is 25.0 Å². The Labute approximate surface area is 146 Å². The Morgan fingerprint density at radius 1 is 1.08 bits per heavy atom. The van der Waals surface area contributed by atoms with Crippen molar-refractivity contribution in [1.82, 2.24) is 9.88 Å². The fourth-order valence-corrected chi connectivity index (χ4v) is 3.97. The van der Waals surface area contributed by atoms with E-state index in [4.69, 9.17) is 9.15 Å². The fraction of sp³-hybridized carbons (Fsp3) is 0.286. The van der Waals surface area contributed by atoms with Gasteiger partial charge in [-0.3, -0.25) is 4.90 Å². The van der Waals surface area contributed by atoms with Gasteiger partial charge in [0, 0.05) is 12.6 Å². The molecule has 0 spiro atoms. The zero-order valence-electron chi connectivity index (χ0n) is 14.0. The van der Waals surface area contributed by atoms with E-state index in [1.54, 1.807) is 0 Å². The van der Waals surface area contributed by atoms with E-state index in [1.165, 1.54) is 23.1 Å². The van der Waals surface area contributed by atoms with E-state index < -0.39 is 0 Å². The van der Waals surface area contributed by atoms with Crippen LogP contribution in [0.1, 0.15) is 17.5 Å². The van der Waals surface area contributed by atoms with Crippen molar-refractivity contribution in [3.8, 4) is 0 Å². The largest absolute Gasteiger partial charge is 0.443 e. The second-order valence-corrected chi connectivity index (χ2v) is 6.85. The molecule has 3 heterocycles. The highest BCUT2D eigenvalue weighted by atomic mass is 16.5. The summed E-state index contributed by atoms with van der Waals surface area (Å²) in [5.41, 5.74) is 5.77. The molecular formula is C21H20N2O2. The Kier molecular flexibility index (Phi) is 3.65. The van der Waals surface area contributed by atoms with Crippen LogP contribution in [-0.2, 0) is 11.3 Å². The van der Waals surface area contributed by atoms with Crippen LogP contribution in [0.5, 0.6) is 0 Å². The second-order valence-electron chi connectivity index (χ2n) is 6.85. The predicted molar refractivity (Wildman–Crippen MR) is 97.0 cm³/mol. The molecule has 2 bridgehead atoms. The van der Waals surface area contributed by atoms with E-state index in [1.807, 2.05) is 6.07 Å². The number of hydrogen-bond donors (Lipinski definition) is 0. The first-order valence-corrected chi connectivity index (χ1v) is 8.78. The van der Waals surface area contributed by atoms with Crippen LogP contribution in [0.2, 0.25) is 0 Å². The second kappa shape index (κ2) is 6.14. The highest BCUT2D eigenvalue weighted by Gasteiger charge is 2.34. The van der Waals surface area contributed by atoms with Crippen LogP contribution in [0.3, 0.4) is 0 Å². The first-order chi connectivity index (χ1) is 12.4. The Morgan fingerprint density at radius 2 is 2.00 bits per heavy atom. The van der Waals surface area contributed by atoms with Gasteiger partial charge in [0.1, 0.15) is 5.52 Å². The van der Waals surface area contributed by atoms with Gasteiger partial charge in [0.15, 0.2) is 12.0 Å². The maximum absolute atomic E-state index is 5.83. The highest BCUT2D eigenvalue weighted by molar-refractivity contribution is 5.79. The molecule has 1 saturated heterocycles. The van der Waals surface area contributed by atoms with Gasteiger partial charge in [-0.25, -0.2) is 4.98 Å². The van der Waals surface area contributed by atoms with Crippen LogP contribution in [0.25, 0.3) is 16.7 Å². The smallest absolute Gasteiger partial charge is 0.181 e. The number of aromatic nitrogens is 1. The van der Waals surface area contributed by atoms with Crippen molar-refractivity contribution >= 4 is 16.7 Å². The molecule has 5 rings (SSSR count). The number of ether oxygens (including phenoxy) is 1. The molecule has 2 aromatic carbocycles. The summed E-state index contributed by atoms with van der Waals surface area (Å²) in [6, 6.07) is 17.7. The van der Waals surface area contributed by atoms with E-state index in [0.29, 0.717) is 12.1 Å². The lowest BCUT2D eigenvalue weighted by Gasteiger charge is -2.44. The number of benzene rings is 2. The lowest BCUT2D eigenvalue weighted by atomic mass is 9.89. The van der Waals surface area contributed by atoms with Crippen LogP contribution in [0, 0.1) is 0 Å². The van der Waals surface area contributed by atoms with Crippen LogP contribution < -0.4 is 0 Å². The average molecular weight is 332 g/mol. The lowest BCUT2D eigenvalue weighted by molar-refractivity contribution is -0.0402. The third kappa shape index (κ3) is 2.77. The molecule has 25 heavy (non-hydrogen) atoms. The molecule has 0 amide bonds. The SMILES string of the molecule is C1=C(c2ccc3ocnc3c2)CC2COCC1N2Cc1ccccc1. The molecule has 2 aliphatic rings. The number of rotatable bonds is 3. The zero-order chi connectivity index (χ0) is 16.6. The average Bonchev–Trinajstić information content (AvgIpc) is 3.10. The molecule has 126 valence electrons. The number of fused-ring (bicyclic) bond motifs is 3. The summed E-state index contributed by atoms with van der Waals surface area (Å²) in [7, 11) is 0. The van der Waals surface area contributed by atoms with Crippen molar-refractivity contribution in [1.29, 1.82) is 0 Å². The minimum Gasteiger partial charge on any atom is -0.443 e. The molecule has 0 saturated carbocycles. The van der Waals surface area contributed by atoms with Gasteiger partial charge in [-0.15, -0.1) is 0 Å². The molecule has 1 fully saturated rings. The molecule has 2 unspecified atom stereocenters. The van der Waals surface area contributed by atoms with Crippen molar-refractivity contribution in [2.75, 3.05) is 13.2 Å². The summed E-state index contributed by atoms with van der Waals surface area (Å²) in [6.45, 7) is 2.54. The molecule has 1 aromatic heterocycles. The molecule has 2 atom stereocenters. The van der Waals surface area contributed by atoms with Gasteiger partial charge in [0.25, 0.3) is 0 Å². The third-order valence-electron chi connectivity index (χ3n) is 5.25. The third-order valence-corrected chi connectivity index (χ3v) is 5.25. The molecule has 3 aromatic rings. The molecule has 0 N–H and O–H groups in total. The predicted octanol–water partition coefficient (Wildman–Crippen LogP) is 3.88. The van der Waals surface area contributed by atoms with Gasteiger partial charge in [-0.1, -0.05) is 42.5 Å². The maximum atomic E-state index is 5.83. The van der Waals surface area contributed by atoms with Gasteiger partial charge in [-0.05, 0) is 35.3 Å². The Hall–Kier alpha value is -2.43. The van der Waals surface area contributed by atoms with E-state index in [2.05, 4.69) is 58.4 Å². The molecule has 4 nitrogen and oxygen atoms in total. The van der Waals surface area contributed by atoms with Gasteiger partial charge in [0.05, 0.1) is 19.3 Å². The van der Waals surface area contributed by atoms with Crippen molar-refractivity contribution in [2.24, 2.45) is 0 Å². The highest BCUT2D eigenvalue weighted by Crippen LogP contribution is 2.34. The monoisotopic (exact) mass is 332 g/mol. The number of morpholine rings is 1. The molecule has 2 aliphatic heterocycles. The Morgan fingerprint density at radius 3 is 2.88 bits per heavy atom. The standard InChI is InChI=1S/C21H20N2O2/c1-2-4-15(5-3-1)11-23-18-8-17(9-19(23)13-24-12-18)16-6-7-21-20(10-16)22-14-25-21/h1-8,10,14,18-19H,9,11-13H2. The van der Waals surface area contributed by atoms with Crippen LogP contribution in [-0.4, -0.2) is 35.2 Å². The minimum atomic E-state index is 0.329. The molecule has 0 radical (unpaired) electrons. The van der Waals surface area contributed by atoms with E-state index in [-0.39, 0.29) is 0 Å². The fourth-order valence-electron chi connectivity index (χ4n) is 3.97. The first-order valence-electron chi connectivity index (χ1n) is 8.78. The van der Waals surface area contributed by atoms with Gasteiger partial charge >= 0.3 is 0 Å². The van der Waals surface area contributed by atoms with Crippen molar-refractivity contribution in [3.05, 3.63) is 72.1 Å². The van der Waals surface area contributed by atoms with Gasteiger partial charge in [0.2, 0.25) is 0 Å². The minimum absolute atomic E-state index is 0.329. The number of nitrogens with zero attached hydrogens (tertiary/aromatic N) is 2. The van der Waals surface area contributed by atoms with E-state index >= 15 is 0 Å². The summed E-state index contributed by atoms with van der Waals surface area (Å²) in [5, 5.41) is 0. The van der Waals surface area contributed by atoms with Gasteiger partial charge < -0.3 is 9.15 Å². The lowest BCUT2D eigenvalue weighted by Crippen LogP contribution is -2.53. The number of hydrogen-bond acceptors (Lipinski definition) is 4. The quantitative estimate of drug-likeness (QED) is 0.729. The van der Waals surface area contributed by atoms with Gasteiger partial charge in [-0.2, -0.15) is 0 Å². The van der Waals surface area contributed by atoms with E-state index in [9.17, 15) is 0 Å². The molecular weight excluding hydrogens is 312 g/mol. The molecule has 0 aliphatic carbocycles. The molecule has 4 heteroatoms. The summed E-state index contributed by atoms with van der Waals surface area (Å²) in [6.07, 6.45) is 4.89. The summed E-state index contributed by atoms with van der Waals surface area (Å²) in [5.74, 6) is 0. The van der Waals surface area contributed by atoms with Crippen LogP contribution in [0.4, 0.5) is 0 Å². The van der Waals surface area contributed by atoms with Crippen molar-refractivity contribution in [3.63, 3.8) is 0 Å². The first kappa shape index (κ1) is 14.9. The topological polar surface area (TPSA) is 38.5 Å².